The van der Waals surface area contributed by atoms with E-state index in [0.29, 0.717) is 18.0 Å². The second-order valence-corrected chi connectivity index (χ2v) is 5.31. The van der Waals surface area contributed by atoms with Crippen LogP contribution in [-0.2, 0) is 16.1 Å². The molecule has 1 aromatic carbocycles. The fraction of sp³-hybridized carbons (Fsp3) is 0.533. The second kappa shape index (κ2) is 6.78. The van der Waals surface area contributed by atoms with Crippen molar-refractivity contribution in [2.45, 2.75) is 19.1 Å². The fourth-order valence-electron chi connectivity index (χ4n) is 2.06. The highest BCUT2D eigenvalue weighted by Gasteiger charge is 2.32. The molecular formula is C15H22N2O4. The molecule has 6 nitrogen and oxygen atoms in total. The third kappa shape index (κ3) is 4.09. The first-order chi connectivity index (χ1) is 10.1. The number of amides is 1. The van der Waals surface area contributed by atoms with E-state index >= 15 is 0 Å². The van der Waals surface area contributed by atoms with Crippen molar-refractivity contribution in [2.75, 3.05) is 33.9 Å². The summed E-state index contributed by atoms with van der Waals surface area (Å²) in [5.74, 6) is 1.19. The largest absolute Gasteiger partial charge is 0.493 e. The smallest absolute Gasteiger partial charge is 0.246 e. The van der Waals surface area contributed by atoms with E-state index in [1.807, 2.05) is 25.1 Å². The third-order valence-corrected chi connectivity index (χ3v) is 3.49. The van der Waals surface area contributed by atoms with E-state index in [4.69, 9.17) is 14.2 Å². The van der Waals surface area contributed by atoms with Crippen molar-refractivity contribution in [1.29, 1.82) is 0 Å². The van der Waals surface area contributed by atoms with Crippen molar-refractivity contribution in [1.82, 2.24) is 10.6 Å². The maximum absolute atomic E-state index is 11.8. The summed E-state index contributed by atoms with van der Waals surface area (Å²) in [7, 11) is 3.17. The molecule has 1 fully saturated rings. The molecule has 0 radical (unpaired) electrons. The van der Waals surface area contributed by atoms with E-state index in [0.717, 1.165) is 18.7 Å². The fourth-order valence-corrected chi connectivity index (χ4v) is 2.06. The number of hydrogen-bond donors (Lipinski definition) is 2. The first-order valence-electron chi connectivity index (χ1n) is 6.88. The topological polar surface area (TPSA) is 68.8 Å². The SMILES string of the molecule is COc1ccc(CNC(=O)COC2(C)CNC2)cc1OC. The molecule has 116 valence electrons. The van der Waals surface area contributed by atoms with Crippen molar-refractivity contribution in [3.8, 4) is 11.5 Å². The Morgan fingerprint density at radius 2 is 2.00 bits per heavy atom. The van der Waals surface area contributed by atoms with Crippen molar-refractivity contribution >= 4 is 5.91 Å². The number of rotatable bonds is 7. The first-order valence-corrected chi connectivity index (χ1v) is 6.88. The van der Waals surface area contributed by atoms with Gasteiger partial charge in [0.15, 0.2) is 11.5 Å². The van der Waals surface area contributed by atoms with Crippen LogP contribution in [0.25, 0.3) is 0 Å². The van der Waals surface area contributed by atoms with Crippen molar-refractivity contribution < 1.29 is 19.0 Å². The van der Waals surface area contributed by atoms with Gasteiger partial charge in [0.25, 0.3) is 0 Å². The average molecular weight is 294 g/mol. The molecule has 0 saturated carbocycles. The summed E-state index contributed by atoms with van der Waals surface area (Å²) >= 11 is 0. The zero-order valence-electron chi connectivity index (χ0n) is 12.7. The molecule has 0 spiro atoms. The highest BCUT2D eigenvalue weighted by Crippen LogP contribution is 2.27. The lowest BCUT2D eigenvalue weighted by molar-refractivity contribution is -0.136. The van der Waals surface area contributed by atoms with Gasteiger partial charge in [-0.3, -0.25) is 4.79 Å². The number of ether oxygens (including phenoxy) is 3. The number of hydrogen-bond acceptors (Lipinski definition) is 5. The van der Waals surface area contributed by atoms with Crippen LogP contribution in [0, 0.1) is 0 Å². The molecule has 1 amide bonds. The lowest BCUT2D eigenvalue weighted by atomic mass is 10.0. The summed E-state index contributed by atoms with van der Waals surface area (Å²) in [5.41, 5.74) is 0.734. The van der Waals surface area contributed by atoms with Crippen molar-refractivity contribution in [3.63, 3.8) is 0 Å². The van der Waals surface area contributed by atoms with Gasteiger partial charge in [0, 0.05) is 19.6 Å². The molecule has 0 atom stereocenters. The van der Waals surface area contributed by atoms with E-state index in [1.165, 1.54) is 0 Å². The van der Waals surface area contributed by atoms with E-state index in [9.17, 15) is 4.79 Å². The van der Waals surface area contributed by atoms with Crippen molar-refractivity contribution in [2.24, 2.45) is 0 Å². The molecule has 1 aliphatic heterocycles. The predicted octanol–water partition coefficient (Wildman–Crippen LogP) is 0.698. The Bertz CT molecular complexity index is 500. The standard InChI is InChI=1S/C15H22N2O4/c1-15(9-16-10-15)21-8-14(18)17-7-11-4-5-12(19-2)13(6-11)20-3/h4-6,16H,7-10H2,1-3H3,(H,17,18). The van der Waals surface area contributed by atoms with Crippen LogP contribution in [-0.4, -0.2) is 45.4 Å². The summed E-state index contributed by atoms with van der Waals surface area (Å²) in [5, 5.41) is 5.95. The van der Waals surface area contributed by atoms with Crippen LogP contribution >= 0.6 is 0 Å². The van der Waals surface area contributed by atoms with Crippen LogP contribution in [0.1, 0.15) is 12.5 Å². The molecule has 2 N–H and O–H groups in total. The number of methoxy groups -OCH3 is 2. The maximum atomic E-state index is 11.8. The highest BCUT2D eigenvalue weighted by molar-refractivity contribution is 5.77. The molecular weight excluding hydrogens is 272 g/mol. The molecule has 0 bridgehead atoms. The van der Waals surface area contributed by atoms with Gasteiger partial charge < -0.3 is 24.8 Å². The van der Waals surface area contributed by atoms with Crippen LogP contribution < -0.4 is 20.1 Å². The Kier molecular flexibility index (Phi) is 5.03. The zero-order valence-corrected chi connectivity index (χ0v) is 12.7. The quantitative estimate of drug-likeness (QED) is 0.775. The molecule has 1 saturated heterocycles. The van der Waals surface area contributed by atoms with Gasteiger partial charge in [-0.05, 0) is 24.6 Å². The van der Waals surface area contributed by atoms with Gasteiger partial charge in [0.2, 0.25) is 5.91 Å². The molecule has 6 heteroatoms. The van der Waals surface area contributed by atoms with Gasteiger partial charge >= 0.3 is 0 Å². The molecule has 21 heavy (non-hydrogen) atoms. The lowest BCUT2D eigenvalue weighted by Gasteiger charge is -2.38. The molecule has 1 aliphatic rings. The minimum atomic E-state index is -0.208. The minimum Gasteiger partial charge on any atom is -0.493 e. The monoisotopic (exact) mass is 294 g/mol. The Morgan fingerprint density at radius 1 is 1.29 bits per heavy atom. The molecule has 1 heterocycles. The Labute approximate surface area is 124 Å². The zero-order chi connectivity index (χ0) is 15.3. The van der Waals surface area contributed by atoms with Gasteiger partial charge in [-0.15, -0.1) is 0 Å². The minimum absolute atomic E-state index is 0.0749. The summed E-state index contributed by atoms with van der Waals surface area (Å²) < 4.78 is 16.0. The molecule has 2 rings (SSSR count). The van der Waals surface area contributed by atoms with Crippen LogP contribution in [0.2, 0.25) is 0 Å². The van der Waals surface area contributed by atoms with E-state index in [1.54, 1.807) is 14.2 Å². The summed E-state index contributed by atoms with van der Waals surface area (Å²) in [6.45, 7) is 4.07. The predicted molar refractivity (Wildman–Crippen MR) is 78.6 cm³/mol. The Hall–Kier alpha value is -1.79. The average Bonchev–Trinajstić information content (AvgIpc) is 2.48. The first kappa shape index (κ1) is 15.6. The van der Waals surface area contributed by atoms with Crippen molar-refractivity contribution in [3.05, 3.63) is 23.8 Å². The maximum Gasteiger partial charge on any atom is 0.246 e. The Morgan fingerprint density at radius 3 is 2.57 bits per heavy atom. The van der Waals surface area contributed by atoms with E-state index in [2.05, 4.69) is 10.6 Å². The normalized spacial score (nSPS) is 16.0. The van der Waals surface area contributed by atoms with Crippen LogP contribution in [0.4, 0.5) is 0 Å². The van der Waals surface area contributed by atoms with Gasteiger partial charge in [-0.2, -0.15) is 0 Å². The van der Waals surface area contributed by atoms with Crippen LogP contribution in [0.5, 0.6) is 11.5 Å². The number of carbonyl (C=O) groups excluding carboxylic acids is 1. The van der Waals surface area contributed by atoms with Crippen LogP contribution in [0.15, 0.2) is 18.2 Å². The van der Waals surface area contributed by atoms with Gasteiger partial charge in [0.05, 0.1) is 19.8 Å². The second-order valence-electron chi connectivity index (χ2n) is 5.31. The van der Waals surface area contributed by atoms with Gasteiger partial charge in [0.1, 0.15) is 6.61 Å². The Balaban J connectivity index is 1.80. The summed E-state index contributed by atoms with van der Waals surface area (Å²) in [6, 6.07) is 5.55. The van der Waals surface area contributed by atoms with Crippen LogP contribution in [0.3, 0.4) is 0 Å². The van der Waals surface area contributed by atoms with Gasteiger partial charge in [-0.25, -0.2) is 0 Å². The summed E-state index contributed by atoms with van der Waals surface area (Å²) in [6.07, 6.45) is 0. The molecule has 1 aromatic rings. The third-order valence-electron chi connectivity index (χ3n) is 3.49. The number of nitrogens with one attached hydrogen (secondary N) is 2. The lowest BCUT2D eigenvalue weighted by Crippen LogP contribution is -2.59. The number of carbonyl (C=O) groups is 1. The number of benzene rings is 1. The molecule has 0 aliphatic carbocycles. The summed E-state index contributed by atoms with van der Waals surface area (Å²) in [4.78, 5) is 11.8. The van der Waals surface area contributed by atoms with Gasteiger partial charge in [-0.1, -0.05) is 6.07 Å². The van der Waals surface area contributed by atoms with E-state index in [-0.39, 0.29) is 18.1 Å². The highest BCUT2D eigenvalue weighted by atomic mass is 16.5. The molecule has 0 unspecified atom stereocenters. The molecule has 0 aromatic heterocycles. The van der Waals surface area contributed by atoms with E-state index < -0.39 is 0 Å².